The van der Waals surface area contributed by atoms with E-state index in [9.17, 15) is 26.8 Å². The Labute approximate surface area is 176 Å². The predicted octanol–water partition coefficient (Wildman–Crippen LogP) is 1.36. The van der Waals surface area contributed by atoms with E-state index in [-0.39, 0.29) is 30.9 Å². The first-order chi connectivity index (χ1) is 14.6. The number of rotatable bonds is 10. The lowest BCUT2D eigenvalue weighted by atomic mass is 10.1. The Hall–Kier alpha value is -3.29. The van der Waals surface area contributed by atoms with E-state index in [2.05, 4.69) is 10.0 Å². The molecule has 0 aliphatic heterocycles. The topological polar surface area (TPSA) is 160 Å². The van der Waals surface area contributed by atoms with Crippen LogP contribution >= 0.6 is 0 Å². The lowest BCUT2D eigenvalue weighted by Gasteiger charge is -2.17. The number of hydroxylamine groups is 1. The van der Waals surface area contributed by atoms with Gasteiger partial charge in [-0.1, -0.05) is 0 Å². The minimum absolute atomic E-state index is 0.0658. The van der Waals surface area contributed by atoms with Crippen LogP contribution in [0.15, 0.2) is 47.4 Å². The number of halogens is 2. The smallest absolute Gasteiger partial charge is 0.312 e. The number of benzene rings is 2. The van der Waals surface area contributed by atoms with Gasteiger partial charge in [-0.25, -0.2) is 27.5 Å². The molecule has 0 unspecified atom stereocenters. The van der Waals surface area contributed by atoms with Gasteiger partial charge in [0.25, 0.3) is 5.91 Å². The van der Waals surface area contributed by atoms with Crippen LogP contribution in [0.1, 0.15) is 12.8 Å². The molecule has 0 fully saturated rings. The van der Waals surface area contributed by atoms with Crippen molar-refractivity contribution in [2.24, 2.45) is 5.73 Å². The van der Waals surface area contributed by atoms with Crippen LogP contribution in [0.3, 0.4) is 0 Å². The van der Waals surface area contributed by atoms with Crippen molar-refractivity contribution < 1.29 is 36.7 Å². The van der Waals surface area contributed by atoms with Gasteiger partial charge in [0.05, 0.1) is 4.90 Å². The number of hydrogen-bond donors (Lipinski definition) is 5. The van der Waals surface area contributed by atoms with Gasteiger partial charge < -0.3 is 15.8 Å². The number of primary amides is 1. The first-order valence-corrected chi connectivity index (χ1v) is 10.3. The van der Waals surface area contributed by atoms with Crippen LogP contribution < -0.4 is 26.0 Å². The maximum Gasteiger partial charge on any atom is 0.312 e. The Morgan fingerprint density at radius 2 is 1.81 bits per heavy atom. The quantitative estimate of drug-likeness (QED) is 0.205. The van der Waals surface area contributed by atoms with Gasteiger partial charge in [0.15, 0.2) is 11.6 Å². The molecular weight excluding hydrogens is 438 g/mol. The molecule has 2 rings (SSSR count). The largest absolute Gasteiger partial charge is 0.454 e. The number of ether oxygens (including phenoxy) is 1. The van der Waals surface area contributed by atoms with Crippen LogP contribution in [0.4, 0.5) is 13.6 Å². The van der Waals surface area contributed by atoms with Gasteiger partial charge >= 0.3 is 6.03 Å². The fourth-order valence-electron chi connectivity index (χ4n) is 2.46. The Morgan fingerprint density at radius 1 is 1.13 bits per heavy atom. The summed E-state index contributed by atoms with van der Waals surface area (Å²) in [4.78, 5) is 21.9. The molecule has 168 valence electrons. The van der Waals surface area contributed by atoms with Gasteiger partial charge in [0.1, 0.15) is 17.6 Å². The first kappa shape index (κ1) is 24.0. The number of sulfonamides is 1. The zero-order chi connectivity index (χ0) is 23.0. The molecule has 0 saturated heterocycles. The summed E-state index contributed by atoms with van der Waals surface area (Å²) in [7, 11) is -4.36. The highest BCUT2D eigenvalue weighted by molar-refractivity contribution is 7.89. The highest BCUT2D eigenvalue weighted by atomic mass is 32.2. The van der Waals surface area contributed by atoms with Crippen molar-refractivity contribution in [1.29, 1.82) is 0 Å². The Balaban J connectivity index is 2.12. The van der Waals surface area contributed by atoms with Crippen LogP contribution in [0.25, 0.3) is 0 Å². The number of amides is 3. The molecule has 0 bridgehead atoms. The third-order valence-electron chi connectivity index (χ3n) is 3.95. The Morgan fingerprint density at radius 3 is 2.39 bits per heavy atom. The molecule has 0 heterocycles. The van der Waals surface area contributed by atoms with Crippen LogP contribution in [0.2, 0.25) is 0 Å². The minimum atomic E-state index is -4.36. The minimum Gasteiger partial charge on any atom is -0.454 e. The molecule has 0 aromatic heterocycles. The van der Waals surface area contributed by atoms with E-state index in [0.717, 1.165) is 24.3 Å². The lowest BCUT2D eigenvalue weighted by molar-refractivity contribution is -0.131. The Bertz CT molecular complexity index is 1030. The summed E-state index contributed by atoms with van der Waals surface area (Å²) in [5.74, 6) is -2.72. The average Bonchev–Trinajstić information content (AvgIpc) is 2.72. The second-order valence-electron chi connectivity index (χ2n) is 6.23. The maximum absolute atomic E-state index is 14.4. The summed E-state index contributed by atoms with van der Waals surface area (Å²) < 4.78 is 59.7. The maximum atomic E-state index is 14.4. The molecule has 0 aliphatic carbocycles. The van der Waals surface area contributed by atoms with Crippen molar-refractivity contribution in [2.45, 2.75) is 23.8 Å². The third-order valence-corrected chi connectivity index (χ3v) is 5.42. The molecule has 1 atom stereocenters. The molecule has 10 nitrogen and oxygen atoms in total. The van der Waals surface area contributed by atoms with Gasteiger partial charge in [0.2, 0.25) is 10.0 Å². The van der Waals surface area contributed by atoms with Crippen LogP contribution in [0, 0.1) is 11.6 Å². The molecule has 0 aliphatic rings. The molecule has 31 heavy (non-hydrogen) atoms. The van der Waals surface area contributed by atoms with E-state index in [1.165, 1.54) is 17.6 Å². The van der Waals surface area contributed by atoms with Crippen LogP contribution in [-0.2, 0) is 14.8 Å². The summed E-state index contributed by atoms with van der Waals surface area (Å²) in [6.07, 6.45) is 0.0580. The van der Waals surface area contributed by atoms with Crippen LogP contribution in [-0.4, -0.2) is 38.1 Å². The van der Waals surface area contributed by atoms with Gasteiger partial charge in [-0.3, -0.25) is 10.0 Å². The number of hydrogen-bond acceptors (Lipinski definition) is 6. The molecule has 0 radical (unpaired) electrons. The number of carbonyl (C=O) groups is 2. The fraction of sp³-hybridized carbons (Fsp3) is 0.222. The van der Waals surface area contributed by atoms with E-state index in [0.29, 0.717) is 6.07 Å². The van der Waals surface area contributed by atoms with E-state index < -0.39 is 44.5 Å². The zero-order valence-electron chi connectivity index (χ0n) is 16.0. The number of carbonyl (C=O) groups excluding carboxylic acids is 2. The molecule has 6 N–H and O–H groups in total. The number of nitrogens with two attached hydrogens (primary N) is 1. The van der Waals surface area contributed by atoms with Gasteiger partial charge in [-0.05, 0) is 55.3 Å². The van der Waals surface area contributed by atoms with Gasteiger partial charge in [0, 0.05) is 6.54 Å². The molecule has 13 heteroatoms. The average molecular weight is 458 g/mol. The number of urea groups is 1. The van der Waals surface area contributed by atoms with Crippen molar-refractivity contribution in [1.82, 2.24) is 15.5 Å². The highest BCUT2D eigenvalue weighted by Crippen LogP contribution is 2.26. The normalized spacial score (nSPS) is 12.1. The molecule has 0 spiro atoms. The molecule has 2 aromatic rings. The monoisotopic (exact) mass is 458 g/mol. The van der Waals surface area contributed by atoms with E-state index in [1.54, 1.807) is 0 Å². The SMILES string of the molecule is NC(=O)NCCC[C@@H](NS(=O)(=O)c1ccc(Oc2ccc(F)cc2)c(F)c1)C(=O)NO. The Kier molecular flexibility index (Phi) is 8.24. The zero-order valence-corrected chi connectivity index (χ0v) is 16.8. The summed E-state index contributed by atoms with van der Waals surface area (Å²) in [5.41, 5.74) is 6.25. The van der Waals surface area contributed by atoms with Gasteiger partial charge in [-0.15, -0.1) is 0 Å². The van der Waals surface area contributed by atoms with Crippen molar-refractivity contribution in [2.75, 3.05) is 6.54 Å². The van der Waals surface area contributed by atoms with Crippen molar-refractivity contribution in [3.05, 3.63) is 54.1 Å². The lowest BCUT2D eigenvalue weighted by Crippen LogP contribution is -2.46. The number of nitrogens with one attached hydrogen (secondary N) is 3. The van der Waals surface area contributed by atoms with E-state index in [1.807, 2.05) is 0 Å². The molecule has 3 amide bonds. The molecule has 2 aromatic carbocycles. The van der Waals surface area contributed by atoms with Crippen molar-refractivity contribution >= 4 is 22.0 Å². The summed E-state index contributed by atoms with van der Waals surface area (Å²) >= 11 is 0. The molecule has 0 saturated carbocycles. The fourth-order valence-corrected chi connectivity index (χ4v) is 3.70. The van der Waals surface area contributed by atoms with Crippen molar-refractivity contribution in [3.8, 4) is 11.5 Å². The first-order valence-electron chi connectivity index (χ1n) is 8.85. The standard InChI is InChI=1S/C18H20F2N4O6S/c19-11-3-5-12(6-4-11)30-16-8-7-13(10-14(16)20)31(28,29)24-15(17(25)23-27)2-1-9-22-18(21)26/h3-8,10,15,24,27H,1-2,9H2,(H,23,25)(H3,21,22,26)/t15-/m1/s1. The summed E-state index contributed by atoms with van der Waals surface area (Å²) in [6, 6.07) is 5.37. The van der Waals surface area contributed by atoms with E-state index >= 15 is 0 Å². The molecular formula is C18H20F2N4O6S. The summed E-state index contributed by atoms with van der Waals surface area (Å²) in [6.45, 7) is 0.0658. The van der Waals surface area contributed by atoms with Gasteiger partial charge in [-0.2, -0.15) is 4.72 Å². The van der Waals surface area contributed by atoms with Crippen molar-refractivity contribution in [3.63, 3.8) is 0 Å². The predicted molar refractivity (Wildman–Crippen MR) is 104 cm³/mol. The highest BCUT2D eigenvalue weighted by Gasteiger charge is 2.26. The third kappa shape index (κ3) is 7.16. The second kappa shape index (κ2) is 10.7. The van der Waals surface area contributed by atoms with E-state index in [4.69, 9.17) is 15.7 Å². The van der Waals surface area contributed by atoms with Crippen LogP contribution in [0.5, 0.6) is 11.5 Å². The summed E-state index contributed by atoms with van der Waals surface area (Å²) in [5, 5.41) is 11.1. The second-order valence-corrected chi connectivity index (χ2v) is 7.95.